The first kappa shape index (κ1) is 15.2. The molecule has 0 spiro atoms. The van der Waals surface area contributed by atoms with E-state index in [0.717, 1.165) is 48.4 Å². The molecule has 2 heterocycles. The summed E-state index contributed by atoms with van der Waals surface area (Å²) < 4.78 is 0. The maximum absolute atomic E-state index is 12.4. The lowest BCUT2D eigenvalue weighted by atomic mass is 9.99. The van der Waals surface area contributed by atoms with Crippen LogP contribution < -0.4 is 5.32 Å². The number of nitrogens with zero attached hydrogens (tertiary/aromatic N) is 2. The number of piperidine rings is 1. The summed E-state index contributed by atoms with van der Waals surface area (Å²) in [7, 11) is 0. The van der Waals surface area contributed by atoms with Crippen LogP contribution in [0, 0.1) is 5.92 Å². The van der Waals surface area contributed by atoms with E-state index in [1.807, 2.05) is 47.0 Å². The highest BCUT2D eigenvalue weighted by molar-refractivity contribution is 7.98. The minimum absolute atomic E-state index is 0.00541. The summed E-state index contributed by atoms with van der Waals surface area (Å²) in [6, 6.07) is 9.74. The smallest absolute Gasteiger partial charge is 0.321 e. The Morgan fingerprint density at radius 2 is 2.18 bits per heavy atom. The molecule has 2 amide bonds. The van der Waals surface area contributed by atoms with E-state index in [1.54, 1.807) is 6.20 Å². The lowest BCUT2D eigenvalue weighted by Gasteiger charge is -2.31. The van der Waals surface area contributed by atoms with E-state index in [9.17, 15) is 4.79 Å². The van der Waals surface area contributed by atoms with Crippen molar-refractivity contribution in [3.63, 3.8) is 0 Å². The zero-order valence-electron chi connectivity index (χ0n) is 12.8. The molecule has 0 bridgehead atoms. The molecule has 0 unspecified atom stereocenters. The Balaban J connectivity index is 1.61. The van der Waals surface area contributed by atoms with Crippen LogP contribution in [0.2, 0.25) is 0 Å². The maximum Gasteiger partial charge on any atom is 0.321 e. The van der Waals surface area contributed by atoms with Crippen LogP contribution in [0.5, 0.6) is 0 Å². The minimum Gasteiger partial charge on any atom is -0.325 e. The lowest BCUT2D eigenvalue weighted by molar-refractivity contribution is 0.187. The van der Waals surface area contributed by atoms with Gasteiger partial charge in [-0.1, -0.05) is 6.07 Å². The average Bonchev–Trinajstić information content (AvgIpc) is 2.56. The number of nitrogens with one attached hydrogen (secondary N) is 1. The van der Waals surface area contributed by atoms with Crippen LogP contribution >= 0.6 is 11.8 Å². The zero-order valence-corrected chi connectivity index (χ0v) is 13.6. The first-order valence-corrected chi connectivity index (χ1v) is 9.05. The van der Waals surface area contributed by atoms with Gasteiger partial charge in [-0.15, -0.1) is 0 Å². The molecule has 3 rings (SSSR count). The molecule has 1 N–H and O–H groups in total. The number of carbonyl (C=O) groups excluding carboxylic acids is 1. The van der Waals surface area contributed by atoms with E-state index in [-0.39, 0.29) is 6.03 Å². The number of hydrogen-bond acceptors (Lipinski definition) is 3. The Labute approximate surface area is 135 Å². The molecule has 4 nitrogen and oxygen atoms in total. The fraction of sp³-hybridized carbons (Fsp3) is 0.412. The molecule has 1 aromatic heterocycles. The van der Waals surface area contributed by atoms with Crippen LogP contribution in [0.15, 0.2) is 36.5 Å². The van der Waals surface area contributed by atoms with Gasteiger partial charge in [0.2, 0.25) is 0 Å². The largest absolute Gasteiger partial charge is 0.325 e. The van der Waals surface area contributed by atoms with Gasteiger partial charge in [-0.2, -0.15) is 11.8 Å². The lowest BCUT2D eigenvalue weighted by Crippen LogP contribution is -2.41. The van der Waals surface area contributed by atoms with Gasteiger partial charge in [0.15, 0.2) is 0 Å². The number of fused-ring (bicyclic) bond motifs is 1. The quantitative estimate of drug-likeness (QED) is 0.936. The number of hydrogen-bond donors (Lipinski definition) is 1. The van der Waals surface area contributed by atoms with Gasteiger partial charge in [-0.05, 0) is 55.0 Å². The Morgan fingerprint density at radius 1 is 1.36 bits per heavy atom. The minimum atomic E-state index is 0.00541. The summed E-state index contributed by atoms with van der Waals surface area (Å²) in [6.45, 7) is 1.71. The molecule has 0 aliphatic carbocycles. The van der Waals surface area contributed by atoms with E-state index in [2.05, 4.69) is 16.6 Å². The number of likely N-dealkylation sites (tertiary alicyclic amines) is 1. The Hall–Kier alpha value is -1.75. The van der Waals surface area contributed by atoms with Crippen molar-refractivity contribution in [2.24, 2.45) is 5.92 Å². The second-order valence-corrected chi connectivity index (χ2v) is 6.64. The van der Waals surface area contributed by atoms with Crippen molar-refractivity contribution in [3.05, 3.63) is 36.5 Å². The number of benzene rings is 1. The van der Waals surface area contributed by atoms with Gasteiger partial charge in [0, 0.05) is 30.4 Å². The van der Waals surface area contributed by atoms with Gasteiger partial charge < -0.3 is 10.2 Å². The number of aromatic nitrogens is 1. The standard InChI is InChI=1S/C17H21N3OS/c1-22-12-13-6-9-20(10-7-13)17(21)19-15-4-5-16-14(11-15)3-2-8-18-16/h2-5,8,11,13H,6-7,9-10,12H2,1H3,(H,19,21). The molecule has 2 aromatic rings. The SMILES string of the molecule is CSCC1CCN(C(=O)Nc2ccc3ncccc3c2)CC1. The Kier molecular flexibility index (Phi) is 4.83. The number of amides is 2. The monoisotopic (exact) mass is 315 g/mol. The second kappa shape index (κ2) is 7.01. The zero-order chi connectivity index (χ0) is 15.4. The molecule has 5 heteroatoms. The third-order valence-electron chi connectivity index (χ3n) is 4.16. The predicted molar refractivity (Wildman–Crippen MR) is 93.4 cm³/mol. The van der Waals surface area contributed by atoms with Crippen LogP contribution in [-0.4, -0.2) is 41.0 Å². The Bertz CT molecular complexity index is 653. The van der Waals surface area contributed by atoms with Gasteiger partial charge in [-0.25, -0.2) is 4.79 Å². The summed E-state index contributed by atoms with van der Waals surface area (Å²) in [6.07, 6.45) is 6.14. The van der Waals surface area contributed by atoms with E-state index in [0.29, 0.717) is 0 Å². The summed E-state index contributed by atoms with van der Waals surface area (Å²) in [4.78, 5) is 18.6. The molecule has 0 saturated carbocycles. The third-order valence-corrected chi connectivity index (χ3v) is 4.96. The van der Waals surface area contributed by atoms with Gasteiger partial charge in [0.1, 0.15) is 0 Å². The molecular weight excluding hydrogens is 294 g/mol. The topological polar surface area (TPSA) is 45.2 Å². The number of pyridine rings is 1. The highest BCUT2D eigenvalue weighted by Gasteiger charge is 2.22. The van der Waals surface area contributed by atoms with E-state index >= 15 is 0 Å². The van der Waals surface area contributed by atoms with E-state index in [1.165, 1.54) is 5.75 Å². The highest BCUT2D eigenvalue weighted by atomic mass is 32.2. The van der Waals surface area contributed by atoms with Crippen LogP contribution in [0.4, 0.5) is 10.5 Å². The predicted octanol–water partition coefficient (Wildman–Crippen LogP) is 3.84. The number of carbonyl (C=O) groups is 1. The normalized spacial score (nSPS) is 16.0. The number of urea groups is 1. The van der Waals surface area contributed by atoms with Gasteiger partial charge in [-0.3, -0.25) is 4.98 Å². The van der Waals surface area contributed by atoms with Crippen molar-refractivity contribution in [2.75, 3.05) is 30.4 Å². The summed E-state index contributed by atoms with van der Waals surface area (Å²) in [5.74, 6) is 1.96. The van der Waals surface area contributed by atoms with Gasteiger partial charge in [0.25, 0.3) is 0 Å². The maximum atomic E-state index is 12.4. The summed E-state index contributed by atoms with van der Waals surface area (Å²) in [5, 5.41) is 4.05. The molecule has 22 heavy (non-hydrogen) atoms. The third kappa shape index (κ3) is 3.53. The Morgan fingerprint density at radius 3 is 2.95 bits per heavy atom. The first-order chi connectivity index (χ1) is 10.8. The van der Waals surface area contributed by atoms with Crippen LogP contribution in [-0.2, 0) is 0 Å². The van der Waals surface area contributed by atoms with Crippen molar-refractivity contribution >= 4 is 34.4 Å². The van der Waals surface area contributed by atoms with Crippen molar-refractivity contribution in [1.29, 1.82) is 0 Å². The van der Waals surface area contributed by atoms with E-state index in [4.69, 9.17) is 0 Å². The molecule has 1 aliphatic rings. The molecule has 1 saturated heterocycles. The van der Waals surface area contributed by atoms with Crippen molar-refractivity contribution in [1.82, 2.24) is 9.88 Å². The average molecular weight is 315 g/mol. The van der Waals surface area contributed by atoms with Gasteiger partial charge >= 0.3 is 6.03 Å². The highest BCUT2D eigenvalue weighted by Crippen LogP contribution is 2.22. The second-order valence-electron chi connectivity index (χ2n) is 5.73. The molecule has 0 radical (unpaired) electrons. The van der Waals surface area contributed by atoms with Crippen molar-refractivity contribution in [2.45, 2.75) is 12.8 Å². The molecular formula is C17H21N3OS. The van der Waals surface area contributed by atoms with Crippen LogP contribution in [0.1, 0.15) is 12.8 Å². The number of rotatable bonds is 3. The number of anilines is 1. The number of thioether (sulfide) groups is 1. The molecule has 116 valence electrons. The molecule has 1 fully saturated rings. The fourth-order valence-electron chi connectivity index (χ4n) is 2.89. The summed E-state index contributed by atoms with van der Waals surface area (Å²) in [5.41, 5.74) is 1.77. The van der Waals surface area contributed by atoms with Crippen LogP contribution in [0.25, 0.3) is 10.9 Å². The molecule has 0 atom stereocenters. The van der Waals surface area contributed by atoms with E-state index < -0.39 is 0 Å². The fourth-order valence-corrected chi connectivity index (χ4v) is 3.70. The molecule has 1 aromatic carbocycles. The van der Waals surface area contributed by atoms with Crippen molar-refractivity contribution < 1.29 is 4.79 Å². The van der Waals surface area contributed by atoms with Crippen LogP contribution in [0.3, 0.4) is 0 Å². The molecule has 1 aliphatic heterocycles. The van der Waals surface area contributed by atoms with Gasteiger partial charge in [0.05, 0.1) is 5.52 Å². The first-order valence-electron chi connectivity index (χ1n) is 7.66. The summed E-state index contributed by atoms with van der Waals surface area (Å²) >= 11 is 1.90. The van der Waals surface area contributed by atoms with Crippen molar-refractivity contribution in [3.8, 4) is 0 Å².